The summed E-state index contributed by atoms with van der Waals surface area (Å²) in [6, 6.07) is 5.53. The summed E-state index contributed by atoms with van der Waals surface area (Å²) in [4.78, 5) is 11.6. The minimum atomic E-state index is -0.366. The molecule has 0 radical (unpaired) electrons. The van der Waals surface area contributed by atoms with Crippen molar-refractivity contribution in [3.63, 3.8) is 0 Å². The number of rotatable bonds is 12. The van der Waals surface area contributed by atoms with Crippen molar-refractivity contribution in [1.82, 2.24) is 0 Å². The van der Waals surface area contributed by atoms with Gasteiger partial charge in [0, 0.05) is 6.07 Å². The summed E-state index contributed by atoms with van der Waals surface area (Å²) in [6.45, 7) is 10.9. The van der Waals surface area contributed by atoms with Crippen LogP contribution in [-0.4, -0.2) is 25.8 Å². The third kappa shape index (κ3) is 8.61. The Morgan fingerprint density at radius 3 is 2.46 bits per heavy atom. The molecule has 0 unspecified atom stereocenters. The summed E-state index contributed by atoms with van der Waals surface area (Å²) in [5, 5.41) is 0. The lowest BCUT2D eigenvalue weighted by Gasteiger charge is -2.12. The van der Waals surface area contributed by atoms with Gasteiger partial charge >= 0.3 is 5.97 Å². The second-order valence-corrected chi connectivity index (χ2v) is 6.22. The standard InChI is InChI=1S/C20H30O4/c1-5-7-8-9-10-22-18-11-17(6-2)12-19(13-18)23-15-20(21)24-14-16(3)4/h6,11-13,16H,2,5,7-10,14-15H2,1,3-4H3. The van der Waals surface area contributed by atoms with Crippen molar-refractivity contribution in [2.75, 3.05) is 19.8 Å². The molecule has 0 aliphatic carbocycles. The molecule has 0 aliphatic heterocycles. The summed E-state index contributed by atoms with van der Waals surface area (Å²) in [6.07, 6.45) is 6.36. The molecule has 0 atom stereocenters. The van der Waals surface area contributed by atoms with E-state index in [-0.39, 0.29) is 12.6 Å². The number of esters is 1. The molecule has 0 saturated heterocycles. The van der Waals surface area contributed by atoms with Crippen LogP contribution in [0.15, 0.2) is 24.8 Å². The van der Waals surface area contributed by atoms with E-state index in [1.807, 2.05) is 26.0 Å². The number of ether oxygens (including phenoxy) is 3. The van der Waals surface area contributed by atoms with E-state index in [0.29, 0.717) is 24.9 Å². The molecular formula is C20H30O4. The monoisotopic (exact) mass is 334 g/mol. The van der Waals surface area contributed by atoms with Crippen molar-refractivity contribution in [1.29, 1.82) is 0 Å². The number of carbonyl (C=O) groups excluding carboxylic acids is 1. The van der Waals surface area contributed by atoms with Crippen LogP contribution in [0, 0.1) is 5.92 Å². The molecule has 0 aromatic heterocycles. The molecule has 1 rings (SSSR count). The topological polar surface area (TPSA) is 44.8 Å². The highest BCUT2D eigenvalue weighted by Gasteiger charge is 2.07. The van der Waals surface area contributed by atoms with E-state index in [4.69, 9.17) is 14.2 Å². The van der Waals surface area contributed by atoms with Gasteiger partial charge in [-0.2, -0.15) is 0 Å². The normalized spacial score (nSPS) is 10.5. The number of hydrogen-bond donors (Lipinski definition) is 0. The molecule has 4 nitrogen and oxygen atoms in total. The van der Waals surface area contributed by atoms with E-state index < -0.39 is 0 Å². The van der Waals surface area contributed by atoms with Gasteiger partial charge in [-0.15, -0.1) is 0 Å². The van der Waals surface area contributed by atoms with Gasteiger partial charge in [0.1, 0.15) is 11.5 Å². The molecule has 0 aliphatic rings. The van der Waals surface area contributed by atoms with Gasteiger partial charge in [0.15, 0.2) is 6.61 Å². The SMILES string of the molecule is C=Cc1cc(OCCCCCC)cc(OCC(=O)OCC(C)C)c1. The maximum absolute atomic E-state index is 11.6. The van der Waals surface area contributed by atoms with Gasteiger partial charge in [0.05, 0.1) is 13.2 Å². The molecule has 0 spiro atoms. The Kier molecular flexibility index (Phi) is 9.66. The third-order valence-corrected chi connectivity index (χ3v) is 3.34. The lowest BCUT2D eigenvalue weighted by Crippen LogP contribution is -2.17. The van der Waals surface area contributed by atoms with Crippen LogP contribution in [-0.2, 0) is 9.53 Å². The van der Waals surface area contributed by atoms with Crippen molar-refractivity contribution in [3.8, 4) is 11.5 Å². The van der Waals surface area contributed by atoms with Crippen molar-refractivity contribution in [2.24, 2.45) is 5.92 Å². The van der Waals surface area contributed by atoms with Crippen molar-refractivity contribution >= 4 is 12.0 Å². The second-order valence-electron chi connectivity index (χ2n) is 6.22. The first-order valence-corrected chi connectivity index (χ1v) is 8.74. The molecule has 134 valence electrons. The average molecular weight is 334 g/mol. The number of hydrogen-bond acceptors (Lipinski definition) is 4. The van der Waals surface area contributed by atoms with E-state index in [1.165, 1.54) is 19.3 Å². The van der Waals surface area contributed by atoms with Gasteiger partial charge in [-0.3, -0.25) is 0 Å². The highest BCUT2D eigenvalue weighted by molar-refractivity contribution is 5.71. The maximum atomic E-state index is 11.6. The highest BCUT2D eigenvalue weighted by Crippen LogP contribution is 2.24. The minimum Gasteiger partial charge on any atom is -0.493 e. The van der Waals surface area contributed by atoms with Gasteiger partial charge < -0.3 is 14.2 Å². The van der Waals surface area contributed by atoms with Crippen molar-refractivity contribution in [2.45, 2.75) is 46.5 Å². The van der Waals surface area contributed by atoms with Crippen molar-refractivity contribution in [3.05, 3.63) is 30.3 Å². The molecule has 4 heteroatoms. The van der Waals surface area contributed by atoms with E-state index in [1.54, 1.807) is 12.1 Å². The summed E-state index contributed by atoms with van der Waals surface area (Å²) in [5.41, 5.74) is 0.895. The van der Waals surface area contributed by atoms with E-state index in [9.17, 15) is 4.79 Å². The molecule has 24 heavy (non-hydrogen) atoms. The first kappa shape index (κ1) is 20.1. The van der Waals surface area contributed by atoms with Crippen molar-refractivity contribution < 1.29 is 19.0 Å². The van der Waals surface area contributed by atoms with E-state index >= 15 is 0 Å². The molecule has 0 saturated carbocycles. The zero-order valence-electron chi connectivity index (χ0n) is 15.2. The van der Waals surface area contributed by atoms with Crippen LogP contribution < -0.4 is 9.47 Å². The van der Waals surface area contributed by atoms with Gasteiger partial charge in [0.25, 0.3) is 0 Å². The molecule has 1 aromatic rings. The first-order chi connectivity index (χ1) is 11.5. The van der Waals surface area contributed by atoms with E-state index in [2.05, 4.69) is 13.5 Å². The fraction of sp³-hybridized carbons (Fsp3) is 0.550. The number of carbonyl (C=O) groups is 1. The Morgan fingerprint density at radius 1 is 1.12 bits per heavy atom. The van der Waals surface area contributed by atoms with Crippen LogP contribution in [0.25, 0.3) is 6.08 Å². The Bertz CT molecular complexity index is 508. The lowest BCUT2D eigenvalue weighted by atomic mass is 10.2. The van der Waals surface area contributed by atoms with Crippen LogP contribution in [0.5, 0.6) is 11.5 Å². The molecule has 0 N–H and O–H groups in total. The fourth-order valence-electron chi connectivity index (χ4n) is 2.04. The Hall–Kier alpha value is -1.97. The molecule has 0 heterocycles. The van der Waals surface area contributed by atoms with Crippen LogP contribution in [0.3, 0.4) is 0 Å². The first-order valence-electron chi connectivity index (χ1n) is 8.74. The lowest BCUT2D eigenvalue weighted by molar-refractivity contribution is -0.147. The van der Waals surface area contributed by atoms with Gasteiger partial charge in [0.2, 0.25) is 0 Å². The summed E-state index contributed by atoms with van der Waals surface area (Å²) < 4.78 is 16.4. The van der Waals surface area contributed by atoms with Gasteiger partial charge in [-0.25, -0.2) is 4.79 Å². The summed E-state index contributed by atoms with van der Waals surface area (Å²) >= 11 is 0. The number of benzene rings is 1. The third-order valence-electron chi connectivity index (χ3n) is 3.34. The molecule has 1 aromatic carbocycles. The zero-order chi connectivity index (χ0) is 17.8. The van der Waals surface area contributed by atoms with Crippen LogP contribution >= 0.6 is 0 Å². The predicted octanol–water partition coefficient (Wildman–Crippen LogP) is 4.87. The van der Waals surface area contributed by atoms with Crippen LogP contribution in [0.1, 0.15) is 52.0 Å². The van der Waals surface area contributed by atoms with Crippen LogP contribution in [0.4, 0.5) is 0 Å². The molecular weight excluding hydrogens is 304 g/mol. The maximum Gasteiger partial charge on any atom is 0.344 e. The van der Waals surface area contributed by atoms with Crippen LogP contribution in [0.2, 0.25) is 0 Å². The summed E-state index contributed by atoms with van der Waals surface area (Å²) in [5.74, 6) is 1.26. The van der Waals surface area contributed by atoms with E-state index in [0.717, 1.165) is 17.7 Å². The van der Waals surface area contributed by atoms with Gasteiger partial charge in [-0.05, 0) is 30.0 Å². The Labute approximate surface area is 145 Å². The van der Waals surface area contributed by atoms with Gasteiger partial charge in [-0.1, -0.05) is 52.7 Å². The highest BCUT2D eigenvalue weighted by atomic mass is 16.6. The summed E-state index contributed by atoms with van der Waals surface area (Å²) in [7, 11) is 0. The smallest absolute Gasteiger partial charge is 0.344 e. The zero-order valence-corrected chi connectivity index (χ0v) is 15.2. The number of unbranched alkanes of at least 4 members (excludes halogenated alkanes) is 3. The minimum absolute atomic E-state index is 0.108. The Morgan fingerprint density at radius 2 is 1.83 bits per heavy atom. The fourth-order valence-corrected chi connectivity index (χ4v) is 2.04. The second kappa shape index (κ2) is 11.5. The Balaban J connectivity index is 2.52. The molecule has 0 fully saturated rings. The largest absolute Gasteiger partial charge is 0.493 e. The molecule has 0 amide bonds. The quantitative estimate of drug-likeness (QED) is 0.404. The average Bonchev–Trinajstić information content (AvgIpc) is 2.57. The molecule has 0 bridgehead atoms. The predicted molar refractivity (Wildman–Crippen MR) is 97.5 cm³/mol.